The summed E-state index contributed by atoms with van der Waals surface area (Å²) in [6.45, 7) is 1.85. The van der Waals surface area contributed by atoms with Gasteiger partial charge in [-0.1, -0.05) is 84.1 Å². The monoisotopic (exact) mass is 529 g/mol. The van der Waals surface area contributed by atoms with Crippen LogP contribution in [0.4, 0.5) is 5.69 Å². The zero-order chi connectivity index (χ0) is 26.3. The lowest BCUT2D eigenvalue weighted by molar-refractivity contribution is 0.535. The first-order valence-electron chi connectivity index (χ1n) is 12.7. The summed E-state index contributed by atoms with van der Waals surface area (Å²) in [6.07, 6.45) is 4.30. The van der Waals surface area contributed by atoms with E-state index in [1.54, 1.807) is 6.26 Å². The number of thiazole rings is 1. The number of furan rings is 1. The summed E-state index contributed by atoms with van der Waals surface area (Å²) >= 11 is 1.33. The van der Waals surface area contributed by atoms with Gasteiger partial charge in [-0.15, -0.1) is 5.10 Å². The maximum atomic E-state index is 13.0. The number of hydrogen-bond acceptors (Lipinski definition) is 7. The third-order valence-electron chi connectivity index (χ3n) is 6.94. The predicted molar refractivity (Wildman–Crippen MR) is 154 cm³/mol. The average molecular weight is 530 g/mol. The lowest BCUT2D eigenvalue weighted by atomic mass is 9.98. The molecule has 3 aromatic carbocycles. The Morgan fingerprint density at radius 3 is 2.38 bits per heavy atom. The molecule has 4 heterocycles. The van der Waals surface area contributed by atoms with E-state index >= 15 is 0 Å². The predicted octanol–water partition coefficient (Wildman–Crippen LogP) is 5.62. The van der Waals surface area contributed by atoms with Gasteiger partial charge in [0.05, 0.1) is 33.8 Å². The Hall–Kier alpha value is -4.82. The molecule has 0 saturated heterocycles. The average Bonchev–Trinajstić information content (AvgIpc) is 3.76. The molecule has 0 fully saturated rings. The van der Waals surface area contributed by atoms with Crippen molar-refractivity contribution in [1.82, 2.24) is 14.6 Å². The first kappa shape index (κ1) is 23.3. The minimum absolute atomic E-state index is 0.105. The first-order chi connectivity index (χ1) is 19.1. The number of aromatic nitrogens is 3. The van der Waals surface area contributed by atoms with Gasteiger partial charge in [-0.2, -0.15) is 14.6 Å². The topological polar surface area (TPSA) is 76.0 Å². The minimum atomic E-state index is -0.181. The van der Waals surface area contributed by atoms with E-state index in [4.69, 9.17) is 9.52 Å². The Morgan fingerprint density at radius 1 is 0.949 bits per heavy atom. The molecule has 1 atom stereocenters. The van der Waals surface area contributed by atoms with Crippen LogP contribution in [0.15, 0.2) is 112 Å². The van der Waals surface area contributed by atoms with Crippen LogP contribution in [0, 0.1) is 6.92 Å². The van der Waals surface area contributed by atoms with Crippen molar-refractivity contribution >= 4 is 33.8 Å². The van der Waals surface area contributed by atoms with Crippen LogP contribution in [0.2, 0.25) is 0 Å². The minimum Gasteiger partial charge on any atom is -0.469 e. The van der Waals surface area contributed by atoms with E-state index in [0.717, 1.165) is 40.3 Å². The molecule has 0 saturated carbocycles. The third-order valence-corrected chi connectivity index (χ3v) is 7.90. The Balaban J connectivity index is 1.21. The van der Waals surface area contributed by atoms with Crippen LogP contribution >= 0.6 is 11.3 Å². The lowest BCUT2D eigenvalue weighted by Crippen LogP contribution is -2.23. The molecule has 39 heavy (non-hydrogen) atoms. The third kappa shape index (κ3) is 4.24. The number of fused-ring (bicyclic) bond motifs is 1. The van der Waals surface area contributed by atoms with Crippen molar-refractivity contribution in [3.05, 3.63) is 135 Å². The SMILES string of the molecule is Cc1occc1-c1nc2sc(=Cc3ccc(N4N=C(c5ccccc5)CC4c4ccccc4)cc3)c(=O)n2n1. The smallest absolute Gasteiger partial charge is 0.291 e. The Morgan fingerprint density at radius 2 is 1.69 bits per heavy atom. The van der Waals surface area contributed by atoms with E-state index < -0.39 is 0 Å². The molecule has 0 spiro atoms. The van der Waals surface area contributed by atoms with Gasteiger partial charge < -0.3 is 4.42 Å². The standard InChI is InChI=1S/C31H23N5O2S/c1-20-25(16-17-38-20)29-32-31-36(34-29)30(37)28(39-31)18-21-12-14-24(15-13-21)35-27(23-10-6-3-7-11-23)19-26(33-35)22-8-4-2-5-9-22/h2-18,27H,19H2,1H3. The fourth-order valence-electron chi connectivity index (χ4n) is 4.93. The molecule has 7 nitrogen and oxygen atoms in total. The quantitative estimate of drug-likeness (QED) is 0.290. The van der Waals surface area contributed by atoms with Crippen LogP contribution in [0.3, 0.4) is 0 Å². The van der Waals surface area contributed by atoms with Gasteiger partial charge in [-0.05, 0) is 47.9 Å². The molecule has 0 aliphatic carbocycles. The second-order valence-electron chi connectivity index (χ2n) is 9.42. The molecule has 8 heteroatoms. The van der Waals surface area contributed by atoms with Crippen molar-refractivity contribution in [2.75, 3.05) is 5.01 Å². The molecule has 0 amide bonds. The van der Waals surface area contributed by atoms with Gasteiger partial charge in [-0.3, -0.25) is 9.80 Å². The molecule has 6 aromatic rings. The van der Waals surface area contributed by atoms with Crippen molar-refractivity contribution in [3.8, 4) is 11.4 Å². The van der Waals surface area contributed by atoms with E-state index in [-0.39, 0.29) is 11.6 Å². The number of hydrogen-bond donors (Lipinski definition) is 0. The Kier molecular flexibility index (Phi) is 5.67. The summed E-state index contributed by atoms with van der Waals surface area (Å²) in [6, 6.07) is 30.9. The summed E-state index contributed by atoms with van der Waals surface area (Å²) in [7, 11) is 0. The van der Waals surface area contributed by atoms with E-state index in [1.807, 2.05) is 55.5 Å². The van der Waals surface area contributed by atoms with Crippen LogP contribution in [-0.2, 0) is 0 Å². The molecule has 0 N–H and O–H groups in total. The van der Waals surface area contributed by atoms with E-state index in [0.29, 0.717) is 15.3 Å². The van der Waals surface area contributed by atoms with Crippen molar-refractivity contribution in [2.24, 2.45) is 5.10 Å². The summed E-state index contributed by atoms with van der Waals surface area (Å²) in [5, 5.41) is 11.6. The first-order valence-corrected chi connectivity index (χ1v) is 13.5. The molecule has 1 unspecified atom stereocenters. The maximum absolute atomic E-state index is 13.0. The van der Waals surface area contributed by atoms with Gasteiger partial charge in [0.2, 0.25) is 4.96 Å². The fourth-order valence-corrected chi connectivity index (χ4v) is 5.84. The molecule has 1 aliphatic heterocycles. The Labute approximate surface area is 228 Å². The van der Waals surface area contributed by atoms with Gasteiger partial charge in [0.1, 0.15) is 5.76 Å². The van der Waals surface area contributed by atoms with E-state index in [1.165, 1.54) is 21.4 Å². The zero-order valence-corrected chi connectivity index (χ0v) is 21.9. The molecule has 190 valence electrons. The molecule has 0 bridgehead atoms. The largest absolute Gasteiger partial charge is 0.469 e. The van der Waals surface area contributed by atoms with Crippen LogP contribution < -0.4 is 15.1 Å². The highest BCUT2D eigenvalue weighted by Crippen LogP contribution is 2.36. The lowest BCUT2D eigenvalue weighted by Gasteiger charge is -2.24. The molecule has 7 rings (SSSR count). The molecule has 0 radical (unpaired) electrons. The number of rotatable bonds is 5. The van der Waals surface area contributed by atoms with Gasteiger partial charge in [-0.25, -0.2) is 0 Å². The van der Waals surface area contributed by atoms with Crippen LogP contribution in [-0.4, -0.2) is 20.3 Å². The number of aryl methyl sites for hydroxylation is 1. The molecular weight excluding hydrogens is 506 g/mol. The van der Waals surface area contributed by atoms with Crippen molar-refractivity contribution < 1.29 is 4.42 Å². The zero-order valence-electron chi connectivity index (χ0n) is 21.1. The van der Waals surface area contributed by atoms with Crippen molar-refractivity contribution in [1.29, 1.82) is 0 Å². The van der Waals surface area contributed by atoms with Gasteiger partial charge in [0.25, 0.3) is 5.56 Å². The maximum Gasteiger partial charge on any atom is 0.291 e. The van der Waals surface area contributed by atoms with Crippen LogP contribution in [0.5, 0.6) is 0 Å². The molecule has 3 aromatic heterocycles. The van der Waals surface area contributed by atoms with E-state index in [2.05, 4.69) is 63.6 Å². The van der Waals surface area contributed by atoms with Gasteiger partial charge in [0.15, 0.2) is 5.82 Å². The molecule has 1 aliphatic rings. The summed E-state index contributed by atoms with van der Waals surface area (Å²) in [5.41, 5.74) is 5.95. The fraction of sp³-hybridized carbons (Fsp3) is 0.0968. The summed E-state index contributed by atoms with van der Waals surface area (Å²) in [4.78, 5) is 18.1. The number of benzene rings is 3. The highest BCUT2D eigenvalue weighted by Gasteiger charge is 2.29. The highest BCUT2D eigenvalue weighted by molar-refractivity contribution is 7.15. The van der Waals surface area contributed by atoms with Crippen LogP contribution in [0.1, 0.15) is 34.9 Å². The van der Waals surface area contributed by atoms with E-state index in [9.17, 15) is 4.79 Å². The van der Waals surface area contributed by atoms with Crippen molar-refractivity contribution in [3.63, 3.8) is 0 Å². The number of anilines is 1. The number of nitrogens with zero attached hydrogens (tertiary/aromatic N) is 5. The highest BCUT2D eigenvalue weighted by atomic mass is 32.1. The summed E-state index contributed by atoms with van der Waals surface area (Å²) in [5.74, 6) is 1.22. The second kappa shape index (κ2) is 9.49. The van der Waals surface area contributed by atoms with Crippen LogP contribution in [0.25, 0.3) is 22.4 Å². The van der Waals surface area contributed by atoms with Gasteiger partial charge in [0, 0.05) is 6.42 Å². The molecular formula is C31H23N5O2S. The van der Waals surface area contributed by atoms with Gasteiger partial charge >= 0.3 is 0 Å². The Bertz CT molecular complexity index is 1920. The summed E-state index contributed by atoms with van der Waals surface area (Å²) < 4.78 is 7.30. The number of hydrazone groups is 1. The second-order valence-corrected chi connectivity index (χ2v) is 10.4. The van der Waals surface area contributed by atoms with Crippen molar-refractivity contribution in [2.45, 2.75) is 19.4 Å². The normalized spacial score (nSPS) is 15.8.